The number of benzene rings is 1. The van der Waals surface area contributed by atoms with E-state index >= 15 is 0 Å². The summed E-state index contributed by atoms with van der Waals surface area (Å²) in [6.07, 6.45) is 2.39. The van der Waals surface area contributed by atoms with Crippen molar-refractivity contribution in [2.24, 2.45) is 5.41 Å². The lowest BCUT2D eigenvalue weighted by Gasteiger charge is -2.42. The molecule has 0 saturated heterocycles. The summed E-state index contributed by atoms with van der Waals surface area (Å²) in [5.74, 6) is 2.04. The first kappa shape index (κ1) is 17.4. The fraction of sp³-hybridized carbons (Fsp3) is 0.300. The lowest BCUT2D eigenvalue weighted by atomic mass is 9.63. The molecule has 1 fully saturated rings. The molecular formula is C20H21ClN4S. The van der Waals surface area contributed by atoms with Crippen molar-refractivity contribution in [3.05, 3.63) is 59.4 Å². The van der Waals surface area contributed by atoms with Crippen LogP contribution in [0.5, 0.6) is 0 Å². The predicted molar refractivity (Wildman–Crippen MR) is 107 cm³/mol. The van der Waals surface area contributed by atoms with Gasteiger partial charge in [-0.2, -0.15) is 5.10 Å². The first-order chi connectivity index (χ1) is 12.5. The Balaban J connectivity index is 1.47. The maximum Gasteiger partial charge on any atom is 0.153 e. The topological polar surface area (TPSA) is 53.6 Å². The summed E-state index contributed by atoms with van der Waals surface area (Å²) in [7, 11) is 0. The minimum absolute atomic E-state index is 0.446. The van der Waals surface area contributed by atoms with Crippen LogP contribution in [0, 0.1) is 5.41 Å². The second-order valence-corrected chi connectivity index (χ2v) is 9.06. The average Bonchev–Trinajstić information content (AvgIpc) is 3.01. The highest BCUT2D eigenvalue weighted by Gasteiger charge is 2.37. The first-order valence-electron chi connectivity index (χ1n) is 8.70. The van der Waals surface area contributed by atoms with Gasteiger partial charge in [-0.1, -0.05) is 55.4 Å². The molecule has 2 heterocycles. The summed E-state index contributed by atoms with van der Waals surface area (Å²) < 4.78 is 0. The number of nitrogens with zero attached hydrogens (tertiary/aromatic N) is 2. The fourth-order valence-electron chi connectivity index (χ4n) is 3.46. The Bertz CT molecular complexity index is 899. The smallest absolute Gasteiger partial charge is 0.153 e. The summed E-state index contributed by atoms with van der Waals surface area (Å²) in [6, 6.07) is 16.1. The monoisotopic (exact) mass is 384 g/mol. The highest BCUT2D eigenvalue weighted by atomic mass is 35.5. The van der Waals surface area contributed by atoms with Crippen molar-refractivity contribution < 1.29 is 0 Å². The quantitative estimate of drug-likeness (QED) is 0.510. The number of H-pyrrole nitrogens is 1. The molecule has 3 aromatic rings. The molecule has 6 heteroatoms. The third-order valence-electron chi connectivity index (χ3n) is 4.64. The first-order valence-corrected chi connectivity index (χ1v) is 9.89. The Hall–Kier alpha value is -1.98. The standard InChI is InChI=1S/C20H21ClN4S/c1-20(2)11-13(12-20)16-10-19(25-24-16)23-18-9-15(8-17(21)22-18)26-14-6-4-3-5-7-14/h3-10,13H,11-12H2,1-2H3,(H2,22,23,24,25). The van der Waals surface area contributed by atoms with Crippen molar-refractivity contribution in [2.45, 2.75) is 42.4 Å². The summed E-state index contributed by atoms with van der Waals surface area (Å²) >= 11 is 7.86. The third kappa shape index (κ3) is 4.05. The minimum Gasteiger partial charge on any atom is -0.323 e. The Kier molecular flexibility index (Phi) is 4.67. The van der Waals surface area contributed by atoms with Gasteiger partial charge < -0.3 is 5.32 Å². The Morgan fingerprint density at radius 2 is 1.85 bits per heavy atom. The van der Waals surface area contributed by atoms with Gasteiger partial charge >= 0.3 is 0 Å². The van der Waals surface area contributed by atoms with Gasteiger partial charge in [0.2, 0.25) is 0 Å². The van der Waals surface area contributed by atoms with Crippen molar-refractivity contribution in [1.82, 2.24) is 15.2 Å². The second kappa shape index (κ2) is 6.97. The molecule has 0 radical (unpaired) electrons. The minimum atomic E-state index is 0.446. The molecule has 4 rings (SSSR count). The van der Waals surface area contributed by atoms with Crippen LogP contribution in [-0.4, -0.2) is 15.2 Å². The van der Waals surface area contributed by atoms with E-state index in [1.807, 2.05) is 30.3 Å². The number of rotatable bonds is 5. The van der Waals surface area contributed by atoms with E-state index in [1.54, 1.807) is 11.8 Å². The van der Waals surface area contributed by atoms with Gasteiger partial charge in [-0.3, -0.25) is 5.10 Å². The number of anilines is 2. The van der Waals surface area contributed by atoms with Crippen LogP contribution in [0.2, 0.25) is 5.15 Å². The predicted octanol–water partition coefficient (Wildman–Crippen LogP) is 6.26. The molecule has 2 N–H and O–H groups in total. The number of pyridine rings is 1. The molecule has 1 saturated carbocycles. The highest BCUT2D eigenvalue weighted by molar-refractivity contribution is 7.99. The number of hydrogen-bond acceptors (Lipinski definition) is 4. The van der Waals surface area contributed by atoms with Crippen molar-refractivity contribution in [3.8, 4) is 0 Å². The van der Waals surface area contributed by atoms with Gasteiger partial charge in [-0.05, 0) is 42.5 Å². The van der Waals surface area contributed by atoms with E-state index in [0.29, 0.717) is 22.3 Å². The van der Waals surface area contributed by atoms with Gasteiger partial charge in [0.25, 0.3) is 0 Å². The molecule has 26 heavy (non-hydrogen) atoms. The van der Waals surface area contributed by atoms with E-state index in [4.69, 9.17) is 11.6 Å². The van der Waals surface area contributed by atoms with E-state index in [2.05, 4.69) is 52.5 Å². The van der Waals surface area contributed by atoms with Crippen LogP contribution in [0.15, 0.2) is 58.3 Å². The van der Waals surface area contributed by atoms with Crippen LogP contribution < -0.4 is 5.32 Å². The fourth-order valence-corrected chi connectivity index (χ4v) is 4.64. The van der Waals surface area contributed by atoms with Crippen molar-refractivity contribution in [2.75, 3.05) is 5.32 Å². The Morgan fingerprint density at radius 3 is 2.58 bits per heavy atom. The molecule has 0 amide bonds. The molecule has 4 nitrogen and oxygen atoms in total. The molecule has 1 aliphatic rings. The molecular weight excluding hydrogens is 364 g/mol. The van der Waals surface area contributed by atoms with Crippen LogP contribution in [0.1, 0.15) is 38.3 Å². The van der Waals surface area contributed by atoms with Crippen molar-refractivity contribution in [1.29, 1.82) is 0 Å². The maximum atomic E-state index is 6.21. The molecule has 134 valence electrons. The zero-order valence-corrected chi connectivity index (χ0v) is 16.4. The van der Waals surface area contributed by atoms with Gasteiger partial charge in [-0.15, -0.1) is 0 Å². The largest absolute Gasteiger partial charge is 0.323 e. The number of halogens is 1. The number of aromatic nitrogens is 3. The number of aromatic amines is 1. The van der Waals surface area contributed by atoms with Crippen molar-refractivity contribution >= 4 is 35.0 Å². The molecule has 0 bridgehead atoms. The van der Waals surface area contributed by atoms with Gasteiger partial charge in [0, 0.05) is 27.5 Å². The lowest BCUT2D eigenvalue weighted by Crippen LogP contribution is -2.29. The molecule has 0 unspecified atom stereocenters. The van der Waals surface area contributed by atoms with E-state index in [9.17, 15) is 0 Å². The lowest BCUT2D eigenvalue weighted by molar-refractivity contribution is 0.148. The third-order valence-corrected chi connectivity index (χ3v) is 5.81. The van der Waals surface area contributed by atoms with Crippen LogP contribution in [0.3, 0.4) is 0 Å². The van der Waals surface area contributed by atoms with E-state index < -0.39 is 0 Å². The van der Waals surface area contributed by atoms with Crippen LogP contribution in [-0.2, 0) is 0 Å². The summed E-state index contributed by atoms with van der Waals surface area (Å²) in [4.78, 5) is 6.57. The second-order valence-electron chi connectivity index (χ2n) is 7.53. The average molecular weight is 385 g/mol. The molecule has 2 aromatic heterocycles. The zero-order chi connectivity index (χ0) is 18.1. The molecule has 0 spiro atoms. The normalized spacial score (nSPS) is 16.3. The van der Waals surface area contributed by atoms with E-state index in [0.717, 1.165) is 15.6 Å². The van der Waals surface area contributed by atoms with Gasteiger partial charge in [-0.25, -0.2) is 4.98 Å². The van der Waals surface area contributed by atoms with Crippen LogP contribution in [0.25, 0.3) is 0 Å². The van der Waals surface area contributed by atoms with Gasteiger partial charge in [0.05, 0.1) is 0 Å². The number of hydrogen-bond donors (Lipinski definition) is 2. The summed E-state index contributed by atoms with van der Waals surface area (Å²) in [6.45, 7) is 4.61. The van der Waals surface area contributed by atoms with Crippen LogP contribution >= 0.6 is 23.4 Å². The van der Waals surface area contributed by atoms with Gasteiger partial charge in [0.15, 0.2) is 5.82 Å². The molecule has 0 aliphatic heterocycles. The van der Waals surface area contributed by atoms with E-state index in [1.165, 1.54) is 18.5 Å². The maximum absolute atomic E-state index is 6.21. The summed E-state index contributed by atoms with van der Waals surface area (Å²) in [5.41, 5.74) is 1.63. The van der Waals surface area contributed by atoms with Crippen LogP contribution in [0.4, 0.5) is 11.6 Å². The van der Waals surface area contributed by atoms with E-state index in [-0.39, 0.29) is 0 Å². The molecule has 1 aromatic carbocycles. The molecule has 1 aliphatic carbocycles. The SMILES string of the molecule is CC1(C)CC(c2cc(Nc3cc(Sc4ccccc4)cc(Cl)n3)n[nH]2)C1. The Labute approximate surface area is 162 Å². The number of nitrogens with one attached hydrogen (secondary N) is 2. The Morgan fingerprint density at radius 1 is 1.08 bits per heavy atom. The van der Waals surface area contributed by atoms with Crippen molar-refractivity contribution in [3.63, 3.8) is 0 Å². The van der Waals surface area contributed by atoms with Gasteiger partial charge in [0.1, 0.15) is 11.0 Å². The highest BCUT2D eigenvalue weighted by Crippen LogP contribution is 2.50. The summed E-state index contributed by atoms with van der Waals surface area (Å²) in [5, 5.41) is 11.3. The zero-order valence-electron chi connectivity index (χ0n) is 14.8. The molecule has 0 atom stereocenters.